The molecule has 0 saturated carbocycles. The van der Waals surface area contributed by atoms with Gasteiger partial charge in [-0.2, -0.15) is 5.10 Å². The van der Waals surface area contributed by atoms with Crippen LogP contribution in [0, 0.1) is 0 Å². The zero-order valence-corrected chi connectivity index (χ0v) is 14.6. The first-order chi connectivity index (χ1) is 9.88. The van der Waals surface area contributed by atoms with E-state index in [1.165, 1.54) is 0 Å². The van der Waals surface area contributed by atoms with Gasteiger partial charge in [-0.1, -0.05) is 19.9 Å². The second kappa shape index (κ2) is 7.64. The summed E-state index contributed by atoms with van der Waals surface area (Å²) in [4.78, 5) is 0. The molecule has 0 aliphatic carbocycles. The Morgan fingerprint density at radius 2 is 2.15 bits per heavy atom. The number of anilines is 1. The maximum absolute atomic E-state index is 5.31. The van der Waals surface area contributed by atoms with Gasteiger partial charge in [-0.05, 0) is 46.3 Å². The van der Waals surface area contributed by atoms with Gasteiger partial charge in [0.25, 0.3) is 0 Å². The molecule has 0 bridgehead atoms. The van der Waals surface area contributed by atoms with Crippen molar-refractivity contribution >= 4 is 45.0 Å². The summed E-state index contributed by atoms with van der Waals surface area (Å²) >= 11 is 2.33. The third kappa shape index (κ3) is 3.33. The molecule has 0 aliphatic heterocycles. The van der Waals surface area contributed by atoms with Crippen molar-refractivity contribution in [3.63, 3.8) is 0 Å². The maximum Gasteiger partial charge on any atom is 0.122 e. The Bertz CT molecular complexity index is 652. The molecule has 0 saturated heterocycles. The minimum atomic E-state index is 0.614. The van der Waals surface area contributed by atoms with Gasteiger partial charge >= 0.3 is 0 Å². The van der Waals surface area contributed by atoms with Gasteiger partial charge < -0.3 is 9.73 Å². The molecule has 6 heteroatoms. The van der Waals surface area contributed by atoms with E-state index < -0.39 is 0 Å². The van der Waals surface area contributed by atoms with Crippen LogP contribution in [0.15, 0.2) is 47.2 Å². The number of halogens is 1. The largest absolute Gasteiger partial charge is 0.467 e. The monoisotopic (exact) mass is 401 g/mol. The fraction of sp³-hybridized carbons (Fsp3) is 0.214. The summed E-state index contributed by atoms with van der Waals surface area (Å²) in [6.07, 6.45) is 4.21. The Morgan fingerprint density at radius 3 is 2.85 bits per heavy atom. The van der Waals surface area contributed by atoms with Crippen molar-refractivity contribution in [3.05, 3.63) is 48.6 Å². The highest BCUT2D eigenvalue weighted by Gasteiger charge is 2.06. The Morgan fingerprint density at radius 1 is 1.30 bits per heavy atom. The standard InChI is InChI=1S/C12H11IN3OP.C2H6/c13-18-16-12-5-1-4-11(10(12)8-15-16)14-7-9-3-2-6-17-9;1-2/h1-6,8,14,18H,7H2;1-2H3. The molecule has 4 nitrogen and oxygen atoms in total. The molecule has 106 valence electrons. The van der Waals surface area contributed by atoms with Crippen LogP contribution in [0.3, 0.4) is 0 Å². The Labute approximate surface area is 133 Å². The molecular formula is C14H17IN3OP. The van der Waals surface area contributed by atoms with Gasteiger partial charge in [0.15, 0.2) is 0 Å². The van der Waals surface area contributed by atoms with E-state index in [0.717, 1.165) is 22.4 Å². The summed E-state index contributed by atoms with van der Waals surface area (Å²) < 4.78 is 7.32. The van der Waals surface area contributed by atoms with Crippen LogP contribution in [0.2, 0.25) is 0 Å². The first-order valence-corrected chi connectivity index (χ1v) is 10.5. The number of benzene rings is 1. The van der Waals surface area contributed by atoms with E-state index >= 15 is 0 Å². The van der Waals surface area contributed by atoms with Gasteiger partial charge in [0.05, 0.1) is 30.9 Å². The molecule has 0 radical (unpaired) electrons. The van der Waals surface area contributed by atoms with E-state index in [4.69, 9.17) is 4.42 Å². The van der Waals surface area contributed by atoms with Crippen molar-refractivity contribution in [3.8, 4) is 0 Å². The summed E-state index contributed by atoms with van der Waals surface area (Å²) in [5.41, 5.74) is 2.25. The van der Waals surface area contributed by atoms with Crippen LogP contribution in [0.4, 0.5) is 5.69 Å². The summed E-state index contributed by atoms with van der Waals surface area (Å²) in [5, 5.41) is 8.91. The molecule has 3 rings (SSSR count). The minimum absolute atomic E-state index is 0.614. The average molecular weight is 401 g/mol. The van der Waals surface area contributed by atoms with Crippen molar-refractivity contribution in [2.45, 2.75) is 20.4 Å². The topological polar surface area (TPSA) is 43.0 Å². The van der Waals surface area contributed by atoms with Crippen molar-refractivity contribution < 1.29 is 4.42 Å². The number of nitrogens with zero attached hydrogens (tertiary/aromatic N) is 2. The van der Waals surface area contributed by atoms with E-state index in [1.54, 1.807) is 6.26 Å². The lowest BCUT2D eigenvalue weighted by Crippen LogP contribution is -1.98. The Hall–Kier alpha value is -1.07. The number of aromatic nitrogens is 2. The Balaban J connectivity index is 0.000000704. The molecule has 20 heavy (non-hydrogen) atoms. The molecule has 0 aliphatic rings. The smallest absolute Gasteiger partial charge is 0.122 e. The van der Waals surface area contributed by atoms with Gasteiger partial charge in [-0.25, -0.2) is 4.45 Å². The lowest BCUT2D eigenvalue weighted by molar-refractivity contribution is 0.518. The number of hydrogen-bond acceptors (Lipinski definition) is 3. The molecule has 1 unspecified atom stereocenters. The number of fused-ring (bicyclic) bond motifs is 1. The molecule has 2 aromatic heterocycles. The third-order valence-electron chi connectivity index (χ3n) is 2.73. The van der Waals surface area contributed by atoms with Crippen LogP contribution in [0.25, 0.3) is 10.9 Å². The SMILES string of the molecule is CC.IPn1ncc2c(NCc3ccco3)cccc21. The van der Waals surface area contributed by atoms with Crippen molar-refractivity contribution in [2.24, 2.45) is 0 Å². The number of rotatable bonds is 4. The van der Waals surface area contributed by atoms with Gasteiger partial charge in [0, 0.05) is 11.1 Å². The van der Waals surface area contributed by atoms with Crippen LogP contribution in [0.5, 0.6) is 0 Å². The normalized spacial score (nSPS) is 10.8. The highest BCUT2D eigenvalue weighted by Crippen LogP contribution is 2.31. The second-order valence-corrected chi connectivity index (χ2v) is 5.85. The van der Waals surface area contributed by atoms with Gasteiger partial charge in [-0.15, -0.1) is 0 Å². The quantitative estimate of drug-likeness (QED) is 0.491. The van der Waals surface area contributed by atoms with E-state index in [0.29, 0.717) is 12.9 Å². The molecule has 1 atom stereocenters. The van der Waals surface area contributed by atoms with Crippen molar-refractivity contribution in [1.29, 1.82) is 0 Å². The fourth-order valence-corrected chi connectivity index (χ4v) is 3.41. The zero-order valence-electron chi connectivity index (χ0n) is 11.4. The van der Waals surface area contributed by atoms with E-state index in [1.807, 2.05) is 42.7 Å². The molecule has 0 fully saturated rings. The summed E-state index contributed by atoms with van der Waals surface area (Å²) in [6, 6.07) is 10.1. The predicted molar refractivity (Wildman–Crippen MR) is 94.8 cm³/mol. The zero-order chi connectivity index (χ0) is 14.4. The van der Waals surface area contributed by atoms with Crippen molar-refractivity contribution in [2.75, 3.05) is 5.32 Å². The molecular weight excluding hydrogens is 384 g/mol. The summed E-state index contributed by atoms with van der Waals surface area (Å²) in [7, 11) is 0. The van der Waals surface area contributed by atoms with Crippen LogP contribution in [0.1, 0.15) is 19.6 Å². The highest BCUT2D eigenvalue weighted by atomic mass is 127. The molecule has 2 heterocycles. The van der Waals surface area contributed by atoms with Gasteiger partial charge in [0.2, 0.25) is 0 Å². The molecule has 0 spiro atoms. The third-order valence-corrected chi connectivity index (χ3v) is 4.61. The van der Waals surface area contributed by atoms with Crippen LogP contribution >= 0.6 is 28.4 Å². The Kier molecular flexibility index (Phi) is 5.86. The number of hydrogen-bond donors (Lipinski definition) is 1. The highest BCUT2D eigenvalue weighted by molar-refractivity contribution is 14.2. The van der Waals surface area contributed by atoms with Crippen LogP contribution in [-0.4, -0.2) is 9.55 Å². The molecule has 1 N–H and O–H groups in total. The first-order valence-electron chi connectivity index (χ1n) is 6.48. The summed E-state index contributed by atoms with van der Waals surface area (Å²) in [5.74, 6) is 0.926. The van der Waals surface area contributed by atoms with Crippen LogP contribution < -0.4 is 5.32 Å². The predicted octanol–water partition coefficient (Wildman–Crippen LogP) is 5.06. The lowest BCUT2D eigenvalue weighted by atomic mass is 10.2. The summed E-state index contributed by atoms with van der Waals surface area (Å²) in [6.45, 7) is 4.68. The lowest BCUT2D eigenvalue weighted by Gasteiger charge is -2.06. The van der Waals surface area contributed by atoms with E-state index in [2.05, 4.69) is 44.6 Å². The number of furan rings is 1. The van der Waals surface area contributed by atoms with Gasteiger partial charge in [0.1, 0.15) is 5.76 Å². The minimum Gasteiger partial charge on any atom is -0.467 e. The average Bonchev–Trinajstić information content (AvgIpc) is 3.16. The van der Waals surface area contributed by atoms with Gasteiger partial charge in [-0.3, -0.25) is 0 Å². The van der Waals surface area contributed by atoms with E-state index in [9.17, 15) is 0 Å². The molecule has 3 aromatic rings. The first kappa shape index (κ1) is 15.3. The second-order valence-electron chi connectivity index (χ2n) is 3.81. The molecule has 0 amide bonds. The van der Waals surface area contributed by atoms with Crippen LogP contribution in [-0.2, 0) is 6.54 Å². The van der Waals surface area contributed by atoms with E-state index in [-0.39, 0.29) is 0 Å². The molecule has 1 aromatic carbocycles. The maximum atomic E-state index is 5.31. The van der Waals surface area contributed by atoms with Crippen molar-refractivity contribution in [1.82, 2.24) is 9.55 Å². The fourth-order valence-electron chi connectivity index (χ4n) is 1.87. The number of nitrogens with one attached hydrogen (secondary N) is 1.